The molecule has 4 N–H and O–H groups in total. The molecule has 0 spiro atoms. The summed E-state index contributed by atoms with van der Waals surface area (Å²) in [6, 6.07) is 2.89. The Morgan fingerprint density at radius 2 is 2.14 bits per heavy atom. The summed E-state index contributed by atoms with van der Waals surface area (Å²) in [5.74, 6) is 5.94. The summed E-state index contributed by atoms with van der Waals surface area (Å²) in [6.07, 6.45) is 2.72. The van der Waals surface area contributed by atoms with E-state index in [1.165, 1.54) is 6.07 Å². The number of rotatable bonds is 5. The molecule has 8 nitrogen and oxygen atoms in total. The molecule has 21 heavy (non-hydrogen) atoms. The SMILES string of the molecule is Cc1nccc(CNS(=O)(=O)c2cnc(NN)c(Cl)c2)n1. The van der Waals surface area contributed by atoms with Crippen molar-refractivity contribution in [2.45, 2.75) is 18.4 Å². The number of nitrogens with one attached hydrogen (secondary N) is 2. The molecule has 2 aromatic heterocycles. The van der Waals surface area contributed by atoms with Crippen LogP contribution in [0.1, 0.15) is 11.5 Å². The van der Waals surface area contributed by atoms with Crippen LogP contribution in [0.2, 0.25) is 5.02 Å². The molecule has 0 aliphatic carbocycles. The zero-order chi connectivity index (χ0) is 15.5. The van der Waals surface area contributed by atoms with Crippen LogP contribution in [0.15, 0.2) is 29.4 Å². The number of halogens is 1. The van der Waals surface area contributed by atoms with E-state index in [1.807, 2.05) is 0 Å². The second kappa shape index (κ2) is 6.31. The zero-order valence-electron chi connectivity index (χ0n) is 11.0. The van der Waals surface area contributed by atoms with E-state index in [-0.39, 0.29) is 22.3 Å². The van der Waals surface area contributed by atoms with Crippen LogP contribution in [0.25, 0.3) is 0 Å². The van der Waals surface area contributed by atoms with Gasteiger partial charge in [-0.05, 0) is 19.1 Å². The van der Waals surface area contributed by atoms with Gasteiger partial charge in [0, 0.05) is 12.4 Å². The summed E-state index contributed by atoms with van der Waals surface area (Å²) >= 11 is 5.86. The highest BCUT2D eigenvalue weighted by atomic mass is 35.5. The summed E-state index contributed by atoms with van der Waals surface area (Å²) in [5.41, 5.74) is 2.82. The van der Waals surface area contributed by atoms with Crippen LogP contribution in [0.3, 0.4) is 0 Å². The fourth-order valence-corrected chi connectivity index (χ4v) is 2.78. The molecule has 0 bridgehead atoms. The Kier molecular flexibility index (Phi) is 4.68. The van der Waals surface area contributed by atoms with Crippen molar-refractivity contribution < 1.29 is 8.42 Å². The van der Waals surface area contributed by atoms with Gasteiger partial charge in [-0.1, -0.05) is 11.6 Å². The van der Waals surface area contributed by atoms with E-state index in [0.29, 0.717) is 11.5 Å². The van der Waals surface area contributed by atoms with Crippen molar-refractivity contribution in [3.05, 3.63) is 41.1 Å². The van der Waals surface area contributed by atoms with Crippen LogP contribution in [-0.2, 0) is 16.6 Å². The van der Waals surface area contributed by atoms with Crippen LogP contribution in [-0.4, -0.2) is 23.4 Å². The number of sulfonamides is 1. The molecule has 0 radical (unpaired) electrons. The summed E-state index contributed by atoms with van der Waals surface area (Å²) in [4.78, 5) is 11.8. The van der Waals surface area contributed by atoms with E-state index >= 15 is 0 Å². The van der Waals surface area contributed by atoms with Gasteiger partial charge in [0.1, 0.15) is 10.7 Å². The molecule has 0 fully saturated rings. The Hall–Kier alpha value is -1.81. The maximum absolute atomic E-state index is 12.1. The molecular formula is C11H13ClN6O2S. The van der Waals surface area contributed by atoms with E-state index < -0.39 is 10.0 Å². The van der Waals surface area contributed by atoms with Gasteiger partial charge in [0.2, 0.25) is 10.0 Å². The average molecular weight is 329 g/mol. The van der Waals surface area contributed by atoms with Gasteiger partial charge in [-0.2, -0.15) is 0 Å². The molecular weight excluding hydrogens is 316 g/mol. The van der Waals surface area contributed by atoms with Crippen LogP contribution >= 0.6 is 11.6 Å². The smallest absolute Gasteiger partial charge is 0.242 e. The van der Waals surface area contributed by atoms with Crippen molar-refractivity contribution in [2.24, 2.45) is 5.84 Å². The highest BCUT2D eigenvalue weighted by Crippen LogP contribution is 2.21. The average Bonchev–Trinajstić information content (AvgIpc) is 2.45. The quantitative estimate of drug-likeness (QED) is 0.542. The van der Waals surface area contributed by atoms with E-state index in [0.717, 1.165) is 6.20 Å². The summed E-state index contributed by atoms with van der Waals surface area (Å²) in [5, 5.41) is 0.109. The largest absolute Gasteiger partial charge is 0.307 e. The van der Waals surface area contributed by atoms with Crippen molar-refractivity contribution in [3.63, 3.8) is 0 Å². The van der Waals surface area contributed by atoms with E-state index in [4.69, 9.17) is 17.4 Å². The first-order valence-electron chi connectivity index (χ1n) is 5.83. The Morgan fingerprint density at radius 1 is 1.38 bits per heavy atom. The van der Waals surface area contributed by atoms with Gasteiger partial charge in [0.25, 0.3) is 0 Å². The molecule has 0 aromatic carbocycles. The van der Waals surface area contributed by atoms with Gasteiger partial charge < -0.3 is 5.43 Å². The minimum Gasteiger partial charge on any atom is -0.307 e. The van der Waals surface area contributed by atoms with Crippen LogP contribution in [0, 0.1) is 6.92 Å². The third-order valence-corrected chi connectivity index (χ3v) is 4.20. The van der Waals surface area contributed by atoms with E-state index in [9.17, 15) is 8.42 Å². The highest BCUT2D eigenvalue weighted by Gasteiger charge is 2.16. The number of hydrogen-bond donors (Lipinski definition) is 3. The minimum atomic E-state index is -3.74. The number of aromatic nitrogens is 3. The van der Waals surface area contributed by atoms with Gasteiger partial charge >= 0.3 is 0 Å². The van der Waals surface area contributed by atoms with Crippen LogP contribution in [0.5, 0.6) is 0 Å². The predicted molar refractivity (Wildman–Crippen MR) is 77.9 cm³/mol. The zero-order valence-corrected chi connectivity index (χ0v) is 12.6. The molecule has 2 aromatic rings. The first-order valence-corrected chi connectivity index (χ1v) is 7.69. The standard InChI is InChI=1S/C11H13ClN6O2S/c1-7-14-3-2-8(17-7)5-16-21(19,20)9-4-10(12)11(18-13)15-6-9/h2-4,6,16H,5,13H2,1H3,(H,15,18). The summed E-state index contributed by atoms with van der Waals surface area (Å²) < 4.78 is 26.7. The summed E-state index contributed by atoms with van der Waals surface area (Å²) in [6.45, 7) is 1.76. The van der Waals surface area contributed by atoms with Crippen molar-refractivity contribution in [2.75, 3.05) is 5.43 Å². The molecule has 10 heteroatoms. The Morgan fingerprint density at radius 3 is 2.76 bits per heavy atom. The molecule has 2 heterocycles. The lowest BCUT2D eigenvalue weighted by atomic mass is 10.4. The number of aryl methyl sites for hydroxylation is 1. The lowest BCUT2D eigenvalue weighted by molar-refractivity contribution is 0.580. The normalized spacial score (nSPS) is 11.4. The third-order valence-electron chi connectivity index (χ3n) is 2.54. The molecule has 0 aliphatic rings. The van der Waals surface area contributed by atoms with Crippen LogP contribution < -0.4 is 16.0 Å². The number of hydrazine groups is 1. The van der Waals surface area contributed by atoms with Crippen molar-refractivity contribution >= 4 is 27.4 Å². The summed E-state index contributed by atoms with van der Waals surface area (Å²) in [7, 11) is -3.74. The maximum Gasteiger partial charge on any atom is 0.242 e. The van der Waals surface area contributed by atoms with Gasteiger partial charge in [0.15, 0.2) is 5.82 Å². The van der Waals surface area contributed by atoms with Crippen molar-refractivity contribution in [1.82, 2.24) is 19.7 Å². The topological polar surface area (TPSA) is 123 Å². The number of nitrogens with zero attached hydrogens (tertiary/aromatic N) is 3. The van der Waals surface area contributed by atoms with Gasteiger partial charge in [-0.15, -0.1) is 0 Å². The van der Waals surface area contributed by atoms with Crippen molar-refractivity contribution in [3.8, 4) is 0 Å². The molecule has 0 atom stereocenters. The Bertz CT molecular complexity index is 752. The van der Waals surface area contributed by atoms with Gasteiger partial charge in [-0.25, -0.2) is 33.9 Å². The molecule has 0 saturated heterocycles. The fraction of sp³-hybridized carbons (Fsp3) is 0.182. The second-order valence-electron chi connectivity index (χ2n) is 4.07. The second-order valence-corrected chi connectivity index (χ2v) is 6.24. The molecule has 0 unspecified atom stereocenters. The van der Waals surface area contributed by atoms with E-state index in [2.05, 4.69) is 25.1 Å². The monoisotopic (exact) mass is 328 g/mol. The lowest BCUT2D eigenvalue weighted by Crippen LogP contribution is -2.24. The number of nitrogen functional groups attached to an aromatic ring is 1. The van der Waals surface area contributed by atoms with Gasteiger partial charge in [0.05, 0.1) is 17.3 Å². The molecule has 0 aliphatic heterocycles. The maximum atomic E-state index is 12.1. The molecule has 112 valence electrons. The Labute approximate surface area is 126 Å². The minimum absolute atomic E-state index is 0.0419. The molecule has 0 amide bonds. The number of hydrogen-bond acceptors (Lipinski definition) is 7. The Balaban J connectivity index is 2.17. The number of anilines is 1. The first kappa shape index (κ1) is 15.6. The third kappa shape index (κ3) is 3.85. The number of pyridine rings is 1. The molecule has 0 saturated carbocycles. The van der Waals surface area contributed by atoms with Gasteiger partial charge in [-0.3, -0.25) is 0 Å². The molecule has 2 rings (SSSR count). The number of nitrogens with two attached hydrogens (primary N) is 1. The fourth-order valence-electron chi connectivity index (χ4n) is 1.53. The van der Waals surface area contributed by atoms with Crippen LogP contribution in [0.4, 0.5) is 5.82 Å². The van der Waals surface area contributed by atoms with Crippen molar-refractivity contribution in [1.29, 1.82) is 0 Å². The van der Waals surface area contributed by atoms with E-state index in [1.54, 1.807) is 19.2 Å². The predicted octanol–water partition coefficient (Wildman–Crippen LogP) is 0.598. The first-order chi connectivity index (χ1) is 9.92. The lowest BCUT2D eigenvalue weighted by Gasteiger charge is -2.08. The highest BCUT2D eigenvalue weighted by molar-refractivity contribution is 7.89.